The van der Waals surface area contributed by atoms with Crippen LogP contribution in [0.5, 0.6) is 5.75 Å². The van der Waals surface area contributed by atoms with Gasteiger partial charge in [-0.2, -0.15) is 0 Å². The van der Waals surface area contributed by atoms with Crippen molar-refractivity contribution in [2.75, 3.05) is 13.7 Å². The second-order valence-corrected chi connectivity index (χ2v) is 6.41. The Morgan fingerprint density at radius 2 is 2.05 bits per heavy atom. The average Bonchev–Trinajstić information content (AvgIpc) is 3.17. The normalized spacial score (nSPS) is 23.6. The number of ether oxygens (including phenoxy) is 1. The first-order valence-electron chi connectivity index (χ1n) is 8.18. The van der Waals surface area contributed by atoms with Gasteiger partial charge in [0.2, 0.25) is 0 Å². The lowest BCUT2D eigenvalue weighted by atomic mass is 9.95. The summed E-state index contributed by atoms with van der Waals surface area (Å²) in [6.07, 6.45) is 9.15. The molecular formula is C18H25NO2. The molecule has 1 aliphatic carbocycles. The molecule has 1 aromatic rings. The van der Waals surface area contributed by atoms with E-state index in [2.05, 4.69) is 4.90 Å². The van der Waals surface area contributed by atoms with Gasteiger partial charge in [0.25, 0.3) is 0 Å². The highest BCUT2D eigenvalue weighted by Crippen LogP contribution is 2.36. The van der Waals surface area contributed by atoms with E-state index in [0.29, 0.717) is 0 Å². The summed E-state index contributed by atoms with van der Waals surface area (Å²) in [5, 5.41) is 0. The van der Waals surface area contributed by atoms with E-state index in [1.165, 1.54) is 45.1 Å². The Morgan fingerprint density at radius 1 is 1.24 bits per heavy atom. The van der Waals surface area contributed by atoms with Crippen molar-refractivity contribution in [1.82, 2.24) is 4.90 Å². The number of hydrogen-bond acceptors (Lipinski definition) is 3. The Kier molecular flexibility index (Phi) is 4.59. The van der Waals surface area contributed by atoms with E-state index in [1.807, 2.05) is 18.2 Å². The molecule has 1 unspecified atom stereocenters. The Bertz CT molecular complexity index is 494. The lowest BCUT2D eigenvalue weighted by Gasteiger charge is -2.29. The molecule has 114 valence electrons. The van der Waals surface area contributed by atoms with Gasteiger partial charge in [-0.15, -0.1) is 0 Å². The molecule has 3 nitrogen and oxygen atoms in total. The van der Waals surface area contributed by atoms with Crippen LogP contribution in [0.15, 0.2) is 18.2 Å². The van der Waals surface area contributed by atoms with Gasteiger partial charge in [-0.25, -0.2) is 0 Å². The fourth-order valence-corrected chi connectivity index (χ4v) is 4.14. The van der Waals surface area contributed by atoms with Crippen LogP contribution in [0.1, 0.15) is 54.4 Å². The van der Waals surface area contributed by atoms with E-state index < -0.39 is 0 Å². The molecule has 0 radical (unpaired) electrons. The predicted molar refractivity (Wildman–Crippen MR) is 83.8 cm³/mol. The number of methoxy groups -OCH3 is 1. The van der Waals surface area contributed by atoms with Gasteiger partial charge in [-0.1, -0.05) is 12.8 Å². The van der Waals surface area contributed by atoms with E-state index in [0.717, 1.165) is 41.7 Å². The Balaban J connectivity index is 1.76. The highest BCUT2D eigenvalue weighted by molar-refractivity contribution is 5.75. The molecule has 0 bridgehead atoms. The molecule has 2 fully saturated rings. The van der Waals surface area contributed by atoms with Crippen LogP contribution < -0.4 is 4.74 Å². The summed E-state index contributed by atoms with van der Waals surface area (Å²) < 4.78 is 5.47. The van der Waals surface area contributed by atoms with Gasteiger partial charge in [-0.05, 0) is 56.3 Å². The zero-order valence-electron chi connectivity index (χ0n) is 12.9. The second kappa shape index (κ2) is 6.61. The van der Waals surface area contributed by atoms with Gasteiger partial charge >= 0.3 is 0 Å². The van der Waals surface area contributed by atoms with Gasteiger partial charge < -0.3 is 4.74 Å². The van der Waals surface area contributed by atoms with Crippen LogP contribution in [0, 0.1) is 5.92 Å². The summed E-state index contributed by atoms with van der Waals surface area (Å²) >= 11 is 0. The zero-order valence-corrected chi connectivity index (χ0v) is 12.9. The number of carbonyl (C=O) groups is 1. The molecule has 3 heteroatoms. The highest BCUT2D eigenvalue weighted by atomic mass is 16.5. The SMILES string of the molecule is COc1ccc(C=O)cc1CN1CCCC1C1CCCC1. The molecule has 2 aliphatic rings. The summed E-state index contributed by atoms with van der Waals surface area (Å²) in [5.74, 6) is 1.78. The zero-order chi connectivity index (χ0) is 14.7. The second-order valence-electron chi connectivity index (χ2n) is 6.41. The first-order chi connectivity index (χ1) is 10.3. The van der Waals surface area contributed by atoms with Crippen molar-refractivity contribution in [3.63, 3.8) is 0 Å². The smallest absolute Gasteiger partial charge is 0.150 e. The van der Waals surface area contributed by atoms with Crippen LogP contribution in [0.2, 0.25) is 0 Å². The highest BCUT2D eigenvalue weighted by Gasteiger charge is 2.33. The minimum Gasteiger partial charge on any atom is -0.496 e. The number of rotatable bonds is 5. The topological polar surface area (TPSA) is 29.5 Å². The van der Waals surface area contributed by atoms with Crippen LogP contribution in [0.3, 0.4) is 0 Å². The van der Waals surface area contributed by atoms with Crippen molar-refractivity contribution in [2.45, 2.75) is 51.1 Å². The third-order valence-corrected chi connectivity index (χ3v) is 5.17. The largest absolute Gasteiger partial charge is 0.496 e. The lowest BCUT2D eigenvalue weighted by molar-refractivity contribution is 0.112. The minimum absolute atomic E-state index is 0.733. The first kappa shape index (κ1) is 14.6. The summed E-state index contributed by atoms with van der Waals surface area (Å²) in [5.41, 5.74) is 1.88. The van der Waals surface area contributed by atoms with Crippen molar-refractivity contribution < 1.29 is 9.53 Å². The molecule has 0 N–H and O–H groups in total. The number of carbonyl (C=O) groups excluding carboxylic acids is 1. The van der Waals surface area contributed by atoms with Crippen LogP contribution in [0.4, 0.5) is 0 Å². The molecule has 1 saturated heterocycles. The fourth-order valence-electron chi connectivity index (χ4n) is 4.14. The standard InChI is InChI=1S/C18H25NO2/c1-21-18-9-8-14(13-20)11-16(18)12-19-10-4-7-17(19)15-5-2-3-6-15/h8-9,11,13,15,17H,2-7,10,12H2,1H3. The summed E-state index contributed by atoms with van der Waals surface area (Å²) in [7, 11) is 1.71. The molecule has 0 spiro atoms. The van der Waals surface area contributed by atoms with Crippen molar-refractivity contribution in [3.8, 4) is 5.75 Å². The van der Waals surface area contributed by atoms with Crippen molar-refractivity contribution in [1.29, 1.82) is 0 Å². The number of hydrogen-bond donors (Lipinski definition) is 0. The van der Waals surface area contributed by atoms with E-state index in [9.17, 15) is 4.79 Å². The quantitative estimate of drug-likeness (QED) is 0.774. The third-order valence-electron chi connectivity index (χ3n) is 5.17. The predicted octanol–water partition coefficient (Wildman–Crippen LogP) is 3.66. The Hall–Kier alpha value is -1.35. The number of aldehydes is 1. The van der Waals surface area contributed by atoms with Gasteiger partial charge in [-0.3, -0.25) is 9.69 Å². The van der Waals surface area contributed by atoms with Gasteiger partial charge in [0.05, 0.1) is 7.11 Å². The van der Waals surface area contributed by atoms with Crippen molar-refractivity contribution in [2.24, 2.45) is 5.92 Å². The summed E-state index contributed by atoms with van der Waals surface area (Å²) in [4.78, 5) is 13.6. The van der Waals surface area contributed by atoms with E-state index >= 15 is 0 Å². The molecular weight excluding hydrogens is 262 g/mol. The fraction of sp³-hybridized carbons (Fsp3) is 0.611. The molecule has 1 aliphatic heterocycles. The average molecular weight is 287 g/mol. The van der Waals surface area contributed by atoms with E-state index in [-0.39, 0.29) is 0 Å². The van der Waals surface area contributed by atoms with Gasteiger partial charge in [0.15, 0.2) is 0 Å². The van der Waals surface area contributed by atoms with Gasteiger partial charge in [0, 0.05) is 23.7 Å². The molecule has 1 atom stereocenters. The summed E-state index contributed by atoms with van der Waals surface area (Å²) in [6, 6.07) is 6.46. The maximum atomic E-state index is 11.0. The molecule has 1 heterocycles. The van der Waals surface area contributed by atoms with Crippen LogP contribution in [0.25, 0.3) is 0 Å². The van der Waals surface area contributed by atoms with E-state index in [1.54, 1.807) is 7.11 Å². The maximum Gasteiger partial charge on any atom is 0.150 e. The van der Waals surface area contributed by atoms with Crippen molar-refractivity contribution >= 4 is 6.29 Å². The molecule has 0 amide bonds. The number of nitrogens with zero attached hydrogens (tertiary/aromatic N) is 1. The number of benzene rings is 1. The summed E-state index contributed by atoms with van der Waals surface area (Å²) in [6.45, 7) is 2.08. The van der Waals surface area contributed by atoms with E-state index in [4.69, 9.17) is 4.74 Å². The third kappa shape index (κ3) is 3.13. The maximum absolute atomic E-state index is 11.0. The lowest BCUT2D eigenvalue weighted by Crippen LogP contribution is -2.34. The molecule has 0 aromatic heterocycles. The minimum atomic E-state index is 0.733. The first-order valence-corrected chi connectivity index (χ1v) is 8.18. The molecule has 1 saturated carbocycles. The Labute approximate surface area is 127 Å². The number of likely N-dealkylation sites (tertiary alicyclic amines) is 1. The van der Waals surface area contributed by atoms with Gasteiger partial charge in [0.1, 0.15) is 12.0 Å². The molecule has 3 rings (SSSR count). The van der Waals surface area contributed by atoms with Crippen molar-refractivity contribution in [3.05, 3.63) is 29.3 Å². The monoisotopic (exact) mass is 287 g/mol. The van der Waals surface area contributed by atoms with Crippen LogP contribution in [-0.4, -0.2) is 30.9 Å². The van der Waals surface area contributed by atoms with Crippen LogP contribution in [-0.2, 0) is 6.54 Å². The Morgan fingerprint density at radius 3 is 2.76 bits per heavy atom. The molecule has 21 heavy (non-hydrogen) atoms. The molecule has 1 aromatic carbocycles. The van der Waals surface area contributed by atoms with Crippen LogP contribution >= 0.6 is 0 Å².